The number of hydrogen-bond donors (Lipinski definition) is 1. The van der Waals surface area contributed by atoms with Crippen LogP contribution in [0.2, 0.25) is 0 Å². The predicted octanol–water partition coefficient (Wildman–Crippen LogP) is 1.97. The van der Waals surface area contributed by atoms with E-state index in [0.29, 0.717) is 0 Å². The molecule has 0 aromatic carbocycles. The van der Waals surface area contributed by atoms with Gasteiger partial charge >= 0.3 is 0 Å². The molecule has 1 rings (SSSR count). The van der Waals surface area contributed by atoms with E-state index in [-0.39, 0.29) is 0 Å². The quantitative estimate of drug-likeness (QED) is 0.766. The summed E-state index contributed by atoms with van der Waals surface area (Å²) in [5.41, 5.74) is 2.37. The van der Waals surface area contributed by atoms with E-state index in [9.17, 15) is 0 Å². The van der Waals surface area contributed by atoms with Gasteiger partial charge < -0.3 is 15.0 Å². The average molecular weight is 251 g/mol. The van der Waals surface area contributed by atoms with Gasteiger partial charge in [0.05, 0.1) is 6.61 Å². The van der Waals surface area contributed by atoms with Crippen LogP contribution >= 0.6 is 0 Å². The number of methoxy groups -OCH3 is 1. The average Bonchev–Trinajstić information content (AvgIpc) is 2.38. The van der Waals surface area contributed by atoms with Crippen molar-refractivity contribution in [2.45, 2.75) is 27.3 Å². The van der Waals surface area contributed by atoms with Gasteiger partial charge in [-0.3, -0.25) is 0 Å². The molecule has 0 aliphatic carbocycles. The van der Waals surface area contributed by atoms with Crippen molar-refractivity contribution in [1.29, 1.82) is 0 Å². The van der Waals surface area contributed by atoms with Gasteiger partial charge in [0.2, 0.25) is 0 Å². The van der Waals surface area contributed by atoms with E-state index in [1.807, 2.05) is 0 Å². The van der Waals surface area contributed by atoms with E-state index in [4.69, 9.17) is 4.74 Å². The number of aromatic nitrogens is 1. The largest absolute Gasteiger partial charge is 0.383 e. The smallest absolute Gasteiger partial charge is 0.128 e. The minimum absolute atomic E-state index is 0.730. The first-order valence-corrected chi connectivity index (χ1v) is 6.64. The number of pyridine rings is 1. The molecule has 1 aromatic heterocycles. The van der Waals surface area contributed by atoms with E-state index >= 15 is 0 Å². The number of likely N-dealkylation sites (N-methyl/N-ethyl adjacent to an activating group) is 1. The molecule has 4 nitrogen and oxygen atoms in total. The van der Waals surface area contributed by atoms with E-state index in [1.54, 1.807) is 7.11 Å². The third kappa shape index (κ3) is 4.27. The zero-order chi connectivity index (χ0) is 13.4. The van der Waals surface area contributed by atoms with Crippen LogP contribution in [0.3, 0.4) is 0 Å². The molecule has 0 aliphatic rings. The molecule has 102 valence electrons. The molecule has 0 saturated heterocycles. The van der Waals surface area contributed by atoms with Crippen molar-refractivity contribution in [2.75, 3.05) is 38.3 Å². The molecule has 0 unspecified atom stereocenters. The highest BCUT2D eigenvalue weighted by molar-refractivity contribution is 5.41. The molecule has 18 heavy (non-hydrogen) atoms. The van der Waals surface area contributed by atoms with Crippen LogP contribution in [0, 0.1) is 6.92 Å². The van der Waals surface area contributed by atoms with Crippen LogP contribution in [0.5, 0.6) is 0 Å². The molecule has 0 aliphatic heterocycles. The molecule has 4 heteroatoms. The molecule has 0 bridgehead atoms. The van der Waals surface area contributed by atoms with E-state index in [2.05, 4.69) is 48.1 Å². The summed E-state index contributed by atoms with van der Waals surface area (Å²) in [6.45, 7) is 10.7. The maximum absolute atomic E-state index is 5.12. The van der Waals surface area contributed by atoms with Crippen LogP contribution in [0.25, 0.3) is 0 Å². The lowest BCUT2D eigenvalue weighted by molar-refractivity contribution is 0.205. The minimum atomic E-state index is 0.730. The second-order valence-electron chi connectivity index (χ2n) is 4.27. The first-order valence-electron chi connectivity index (χ1n) is 6.64. The van der Waals surface area contributed by atoms with Crippen molar-refractivity contribution >= 4 is 5.82 Å². The van der Waals surface area contributed by atoms with Crippen molar-refractivity contribution < 1.29 is 4.74 Å². The highest BCUT2D eigenvalue weighted by atomic mass is 16.5. The highest BCUT2D eigenvalue weighted by Crippen LogP contribution is 2.14. The van der Waals surface area contributed by atoms with Gasteiger partial charge in [0.1, 0.15) is 5.82 Å². The van der Waals surface area contributed by atoms with E-state index in [0.717, 1.165) is 44.3 Å². The van der Waals surface area contributed by atoms with Gasteiger partial charge in [-0.05, 0) is 32.0 Å². The Kier molecular flexibility index (Phi) is 6.68. The van der Waals surface area contributed by atoms with Crippen molar-refractivity contribution in [1.82, 2.24) is 10.3 Å². The third-order valence-corrected chi connectivity index (χ3v) is 3.02. The molecule has 0 spiro atoms. The van der Waals surface area contributed by atoms with Crippen LogP contribution in [-0.2, 0) is 11.3 Å². The molecular weight excluding hydrogens is 226 g/mol. The van der Waals surface area contributed by atoms with Crippen molar-refractivity contribution in [3.05, 3.63) is 23.4 Å². The van der Waals surface area contributed by atoms with Gasteiger partial charge in [-0.2, -0.15) is 0 Å². The summed E-state index contributed by atoms with van der Waals surface area (Å²) >= 11 is 0. The molecule has 0 saturated carbocycles. The summed E-state index contributed by atoms with van der Waals surface area (Å²) < 4.78 is 5.12. The second kappa shape index (κ2) is 8.06. The van der Waals surface area contributed by atoms with Gasteiger partial charge in [-0.25, -0.2) is 4.98 Å². The van der Waals surface area contributed by atoms with Gasteiger partial charge in [-0.1, -0.05) is 13.0 Å². The Hall–Kier alpha value is -1.13. The monoisotopic (exact) mass is 251 g/mol. The SMILES string of the molecule is CCNCc1ccc(N(CC)CCOC)nc1C. The summed E-state index contributed by atoms with van der Waals surface area (Å²) in [6.07, 6.45) is 0. The Labute approximate surface area is 110 Å². The lowest BCUT2D eigenvalue weighted by Crippen LogP contribution is -2.28. The van der Waals surface area contributed by atoms with Crippen LogP contribution in [-0.4, -0.2) is 38.3 Å². The molecule has 1 aromatic rings. The lowest BCUT2D eigenvalue weighted by atomic mass is 10.2. The molecule has 1 N–H and O–H groups in total. The number of hydrogen-bond acceptors (Lipinski definition) is 4. The van der Waals surface area contributed by atoms with Gasteiger partial charge in [-0.15, -0.1) is 0 Å². The molecule has 0 fully saturated rings. The summed E-state index contributed by atoms with van der Waals surface area (Å²) in [5, 5.41) is 3.33. The summed E-state index contributed by atoms with van der Waals surface area (Å²) in [7, 11) is 1.73. The summed E-state index contributed by atoms with van der Waals surface area (Å²) in [5.74, 6) is 1.03. The summed E-state index contributed by atoms with van der Waals surface area (Å²) in [4.78, 5) is 6.91. The van der Waals surface area contributed by atoms with E-state index < -0.39 is 0 Å². The van der Waals surface area contributed by atoms with Crippen LogP contribution in [0.4, 0.5) is 5.82 Å². The zero-order valence-electron chi connectivity index (χ0n) is 12.0. The number of nitrogens with zero attached hydrogens (tertiary/aromatic N) is 2. The van der Waals surface area contributed by atoms with Crippen LogP contribution in [0.15, 0.2) is 12.1 Å². The standard InChI is InChI=1S/C14H25N3O/c1-5-15-11-13-7-8-14(16-12(13)3)17(6-2)9-10-18-4/h7-8,15H,5-6,9-11H2,1-4H3. The first-order chi connectivity index (χ1) is 8.72. The Balaban J connectivity index is 2.74. The van der Waals surface area contributed by atoms with Gasteiger partial charge in [0, 0.05) is 32.4 Å². The highest BCUT2D eigenvalue weighted by Gasteiger charge is 2.07. The molecule has 0 amide bonds. The Morgan fingerprint density at radius 3 is 2.67 bits per heavy atom. The lowest BCUT2D eigenvalue weighted by Gasteiger charge is -2.22. The van der Waals surface area contributed by atoms with Crippen LogP contribution < -0.4 is 10.2 Å². The summed E-state index contributed by atoms with van der Waals surface area (Å²) in [6, 6.07) is 4.26. The van der Waals surface area contributed by atoms with E-state index in [1.165, 1.54) is 5.56 Å². The Morgan fingerprint density at radius 2 is 2.11 bits per heavy atom. The fraction of sp³-hybridized carbons (Fsp3) is 0.643. The molecule has 1 heterocycles. The van der Waals surface area contributed by atoms with Crippen molar-refractivity contribution in [3.8, 4) is 0 Å². The van der Waals surface area contributed by atoms with Crippen molar-refractivity contribution in [3.63, 3.8) is 0 Å². The number of ether oxygens (including phenoxy) is 1. The van der Waals surface area contributed by atoms with Gasteiger partial charge in [0.15, 0.2) is 0 Å². The number of aryl methyl sites for hydroxylation is 1. The molecule has 0 atom stereocenters. The number of nitrogens with one attached hydrogen (secondary N) is 1. The fourth-order valence-electron chi connectivity index (χ4n) is 1.84. The topological polar surface area (TPSA) is 37.4 Å². The predicted molar refractivity (Wildman–Crippen MR) is 76.1 cm³/mol. The van der Waals surface area contributed by atoms with Crippen molar-refractivity contribution in [2.24, 2.45) is 0 Å². The maximum atomic E-state index is 5.12. The fourth-order valence-corrected chi connectivity index (χ4v) is 1.84. The van der Waals surface area contributed by atoms with Crippen LogP contribution in [0.1, 0.15) is 25.1 Å². The Morgan fingerprint density at radius 1 is 1.33 bits per heavy atom. The molecular formula is C14H25N3O. The molecule has 0 radical (unpaired) electrons. The Bertz CT molecular complexity index is 355. The zero-order valence-corrected chi connectivity index (χ0v) is 12.0. The maximum Gasteiger partial charge on any atom is 0.128 e. The van der Waals surface area contributed by atoms with Gasteiger partial charge in [0.25, 0.3) is 0 Å². The normalized spacial score (nSPS) is 10.7. The number of rotatable bonds is 8. The second-order valence-corrected chi connectivity index (χ2v) is 4.27. The third-order valence-electron chi connectivity index (χ3n) is 3.02. The first kappa shape index (κ1) is 14.9. The minimum Gasteiger partial charge on any atom is -0.383 e. The number of anilines is 1.